The van der Waals surface area contributed by atoms with Gasteiger partial charge in [-0.15, -0.1) is 0 Å². The maximum Gasteiger partial charge on any atom is 0.264 e. The van der Waals surface area contributed by atoms with E-state index in [2.05, 4.69) is 5.32 Å². The SMILES string of the molecule is COc1ccc(S(=O)(=O)N(CC(=O)N(Cc2ccccc2Cl)[C@H](C)C(=O)NC(C)C)c2ccc(F)cc2)cc1OC. The van der Waals surface area contributed by atoms with Crippen molar-refractivity contribution in [2.75, 3.05) is 25.1 Å². The van der Waals surface area contributed by atoms with Crippen LogP contribution in [0.4, 0.5) is 10.1 Å². The van der Waals surface area contributed by atoms with Crippen LogP contribution in [0.3, 0.4) is 0 Å². The van der Waals surface area contributed by atoms with Gasteiger partial charge in [0, 0.05) is 23.7 Å². The molecule has 12 heteroatoms. The number of ether oxygens (including phenoxy) is 2. The molecule has 220 valence electrons. The molecule has 0 aromatic heterocycles. The first kappa shape index (κ1) is 31.7. The number of anilines is 1. The van der Waals surface area contributed by atoms with Crippen molar-refractivity contribution in [3.05, 3.63) is 83.1 Å². The van der Waals surface area contributed by atoms with Crippen LogP contribution in [-0.2, 0) is 26.2 Å². The summed E-state index contributed by atoms with van der Waals surface area (Å²) in [6.07, 6.45) is 0. The van der Waals surface area contributed by atoms with E-state index < -0.39 is 40.2 Å². The summed E-state index contributed by atoms with van der Waals surface area (Å²) >= 11 is 6.36. The summed E-state index contributed by atoms with van der Waals surface area (Å²) in [5.41, 5.74) is 0.620. The molecule has 3 rings (SSSR count). The molecule has 3 aromatic rings. The van der Waals surface area contributed by atoms with Crippen LogP contribution in [0, 0.1) is 5.82 Å². The number of carbonyl (C=O) groups excluding carboxylic acids is 2. The number of nitrogens with one attached hydrogen (secondary N) is 1. The molecule has 2 amide bonds. The molecule has 9 nitrogen and oxygen atoms in total. The molecule has 0 saturated carbocycles. The third kappa shape index (κ3) is 7.68. The molecule has 0 heterocycles. The van der Waals surface area contributed by atoms with Gasteiger partial charge >= 0.3 is 0 Å². The molecule has 0 spiro atoms. The average molecular weight is 606 g/mol. The third-order valence-corrected chi connectivity index (χ3v) is 8.37. The summed E-state index contributed by atoms with van der Waals surface area (Å²) in [6, 6.07) is 14.4. The third-order valence-electron chi connectivity index (χ3n) is 6.23. The minimum absolute atomic E-state index is 0.0477. The number of amides is 2. The first-order valence-electron chi connectivity index (χ1n) is 12.7. The van der Waals surface area contributed by atoms with Crippen molar-refractivity contribution in [3.8, 4) is 11.5 Å². The highest BCUT2D eigenvalue weighted by atomic mass is 35.5. The van der Waals surface area contributed by atoms with Crippen LogP contribution in [0.15, 0.2) is 71.6 Å². The molecule has 0 radical (unpaired) electrons. The monoisotopic (exact) mass is 605 g/mol. The van der Waals surface area contributed by atoms with Crippen LogP contribution >= 0.6 is 11.6 Å². The van der Waals surface area contributed by atoms with Gasteiger partial charge in [-0.2, -0.15) is 0 Å². The molecule has 0 aliphatic carbocycles. The van der Waals surface area contributed by atoms with E-state index >= 15 is 0 Å². The lowest BCUT2D eigenvalue weighted by atomic mass is 10.1. The molecule has 0 saturated heterocycles. The molecule has 1 N–H and O–H groups in total. The number of sulfonamides is 1. The normalized spacial score (nSPS) is 12.0. The van der Waals surface area contributed by atoms with Gasteiger partial charge in [-0.25, -0.2) is 12.8 Å². The summed E-state index contributed by atoms with van der Waals surface area (Å²) in [6.45, 7) is 4.38. The summed E-state index contributed by atoms with van der Waals surface area (Å²) in [5, 5.41) is 3.17. The maximum absolute atomic E-state index is 14.0. The second-order valence-corrected chi connectivity index (χ2v) is 11.7. The summed E-state index contributed by atoms with van der Waals surface area (Å²) in [7, 11) is -1.61. The van der Waals surface area contributed by atoms with Crippen molar-refractivity contribution in [1.82, 2.24) is 10.2 Å². The fourth-order valence-corrected chi connectivity index (χ4v) is 5.66. The Morgan fingerprint density at radius 3 is 2.17 bits per heavy atom. The van der Waals surface area contributed by atoms with Crippen LogP contribution in [-0.4, -0.2) is 58.0 Å². The van der Waals surface area contributed by atoms with E-state index in [0.29, 0.717) is 16.3 Å². The minimum Gasteiger partial charge on any atom is -0.493 e. The van der Waals surface area contributed by atoms with Crippen LogP contribution in [0.5, 0.6) is 11.5 Å². The number of hydrogen-bond acceptors (Lipinski definition) is 6. The van der Waals surface area contributed by atoms with Gasteiger partial charge in [0.1, 0.15) is 18.4 Å². The van der Waals surface area contributed by atoms with Gasteiger partial charge in [-0.3, -0.25) is 13.9 Å². The Kier molecular flexibility index (Phi) is 10.6. The topological polar surface area (TPSA) is 105 Å². The van der Waals surface area contributed by atoms with Gasteiger partial charge in [0.2, 0.25) is 11.8 Å². The first-order valence-corrected chi connectivity index (χ1v) is 14.5. The van der Waals surface area contributed by atoms with E-state index in [-0.39, 0.29) is 28.9 Å². The lowest BCUT2D eigenvalue weighted by molar-refractivity contribution is -0.139. The number of benzene rings is 3. The molecule has 1 atom stereocenters. The Morgan fingerprint density at radius 2 is 1.59 bits per heavy atom. The molecule has 0 aliphatic rings. The van der Waals surface area contributed by atoms with Crippen molar-refractivity contribution in [2.45, 2.75) is 44.3 Å². The summed E-state index contributed by atoms with van der Waals surface area (Å²) < 4.78 is 53.1. The molecule has 3 aromatic carbocycles. The number of hydrogen-bond donors (Lipinski definition) is 1. The van der Waals surface area contributed by atoms with E-state index in [1.54, 1.807) is 45.0 Å². The highest BCUT2D eigenvalue weighted by Crippen LogP contribution is 2.32. The lowest BCUT2D eigenvalue weighted by Gasteiger charge is -2.32. The quantitative estimate of drug-likeness (QED) is 0.323. The molecule has 0 bridgehead atoms. The van der Waals surface area contributed by atoms with E-state index in [1.807, 2.05) is 0 Å². The van der Waals surface area contributed by atoms with Gasteiger partial charge in [0.25, 0.3) is 10.0 Å². The van der Waals surface area contributed by atoms with Crippen LogP contribution in [0.2, 0.25) is 5.02 Å². The molecular weight excluding hydrogens is 573 g/mol. The second kappa shape index (κ2) is 13.7. The molecule has 0 aliphatic heterocycles. The predicted molar refractivity (Wildman–Crippen MR) is 155 cm³/mol. The zero-order valence-corrected chi connectivity index (χ0v) is 25.0. The smallest absolute Gasteiger partial charge is 0.264 e. The van der Waals surface area contributed by atoms with E-state index in [0.717, 1.165) is 16.4 Å². The number of methoxy groups -OCH3 is 2. The van der Waals surface area contributed by atoms with Crippen LogP contribution < -0.4 is 19.1 Å². The Morgan fingerprint density at radius 1 is 0.951 bits per heavy atom. The Labute approximate surface area is 244 Å². The van der Waals surface area contributed by atoms with Crippen LogP contribution in [0.25, 0.3) is 0 Å². The fraction of sp³-hybridized carbons (Fsp3) is 0.310. The highest BCUT2D eigenvalue weighted by molar-refractivity contribution is 7.92. The summed E-state index contributed by atoms with van der Waals surface area (Å²) in [4.78, 5) is 28.0. The Hall–Kier alpha value is -3.83. The highest BCUT2D eigenvalue weighted by Gasteiger charge is 2.33. The minimum atomic E-state index is -4.40. The zero-order chi connectivity index (χ0) is 30.3. The average Bonchev–Trinajstić information content (AvgIpc) is 2.94. The Balaban J connectivity index is 2.08. The predicted octanol–water partition coefficient (Wildman–Crippen LogP) is 4.63. The van der Waals surface area contributed by atoms with E-state index in [1.165, 1.54) is 49.5 Å². The van der Waals surface area contributed by atoms with Crippen molar-refractivity contribution in [1.29, 1.82) is 0 Å². The van der Waals surface area contributed by atoms with Gasteiger partial charge in [0.15, 0.2) is 11.5 Å². The zero-order valence-electron chi connectivity index (χ0n) is 23.4. The fourth-order valence-electron chi connectivity index (χ4n) is 4.04. The number of carbonyl (C=O) groups is 2. The molecule has 0 unspecified atom stereocenters. The molecule has 0 fully saturated rings. The van der Waals surface area contributed by atoms with Gasteiger partial charge < -0.3 is 19.7 Å². The second-order valence-electron chi connectivity index (χ2n) is 9.46. The van der Waals surface area contributed by atoms with Gasteiger partial charge in [-0.1, -0.05) is 29.8 Å². The van der Waals surface area contributed by atoms with Crippen LogP contribution in [0.1, 0.15) is 26.3 Å². The Bertz CT molecular complexity index is 1480. The maximum atomic E-state index is 14.0. The summed E-state index contributed by atoms with van der Waals surface area (Å²) in [5.74, 6) is -1.20. The van der Waals surface area contributed by atoms with Crippen molar-refractivity contribution < 1.29 is 31.9 Å². The molecule has 41 heavy (non-hydrogen) atoms. The van der Waals surface area contributed by atoms with Crippen molar-refractivity contribution >= 4 is 39.1 Å². The van der Waals surface area contributed by atoms with Crippen molar-refractivity contribution in [2.24, 2.45) is 0 Å². The van der Waals surface area contributed by atoms with E-state index in [4.69, 9.17) is 21.1 Å². The number of rotatable bonds is 12. The van der Waals surface area contributed by atoms with Crippen molar-refractivity contribution in [3.63, 3.8) is 0 Å². The van der Waals surface area contributed by atoms with E-state index in [9.17, 15) is 22.4 Å². The molecular formula is C29H33ClFN3O6S. The van der Waals surface area contributed by atoms with Gasteiger partial charge in [-0.05, 0) is 68.8 Å². The number of nitrogens with zero attached hydrogens (tertiary/aromatic N) is 2. The largest absolute Gasteiger partial charge is 0.493 e. The lowest BCUT2D eigenvalue weighted by Crippen LogP contribution is -2.52. The first-order chi connectivity index (χ1) is 19.4. The number of halogens is 2. The van der Waals surface area contributed by atoms with Gasteiger partial charge in [0.05, 0.1) is 24.8 Å². The standard InChI is InChI=1S/C29H33ClFN3O6S/c1-19(2)32-29(36)20(3)33(17-21-8-6-7-9-25(21)30)28(35)18-34(23-12-10-22(31)11-13-23)41(37,38)24-14-15-26(39-4)27(16-24)40-5/h6-16,19-20H,17-18H2,1-5H3,(H,32,36)/t20-/m1/s1.